The fourth-order valence-corrected chi connectivity index (χ4v) is 3.41. The summed E-state index contributed by atoms with van der Waals surface area (Å²) in [6.45, 7) is 6.14. The highest BCUT2D eigenvalue weighted by Gasteiger charge is 2.44. The lowest BCUT2D eigenvalue weighted by Gasteiger charge is -2.43. The third-order valence-corrected chi connectivity index (χ3v) is 4.50. The number of carbonyl (C=O) groups is 2. The summed E-state index contributed by atoms with van der Waals surface area (Å²) in [5, 5.41) is 10.3. The van der Waals surface area contributed by atoms with Gasteiger partial charge in [-0.15, -0.1) is 11.3 Å². The number of carboxylic acid groups (broad SMARTS) is 1. The van der Waals surface area contributed by atoms with E-state index < -0.39 is 17.4 Å². The number of thiazole rings is 1. The zero-order valence-electron chi connectivity index (χ0n) is 11.3. The first-order chi connectivity index (χ1) is 8.83. The van der Waals surface area contributed by atoms with Crippen molar-refractivity contribution < 1.29 is 14.7 Å². The number of carbonyl (C=O) groups excluding carboxylic acids is 1. The Balaban J connectivity index is 2.31. The van der Waals surface area contributed by atoms with Gasteiger partial charge in [0.2, 0.25) is 0 Å². The maximum Gasteiger partial charge on any atom is 0.326 e. The van der Waals surface area contributed by atoms with Crippen LogP contribution in [0.2, 0.25) is 0 Å². The largest absolute Gasteiger partial charge is 0.480 e. The zero-order chi connectivity index (χ0) is 14.2. The molecule has 0 spiro atoms. The molecule has 1 aliphatic rings. The third kappa shape index (κ3) is 2.63. The number of aryl methyl sites for hydroxylation is 1. The predicted octanol–water partition coefficient (Wildman–Crippen LogP) is 2.17. The minimum atomic E-state index is -0.931. The number of carboxylic acids is 1. The summed E-state index contributed by atoms with van der Waals surface area (Å²) < 4.78 is 0. The van der Waals surface area contributed by atoms with Gasteiger partial charge in [-0.3, -0.25) is 4.79 Å². The fraction of sp³-hybridized carbons (Fsp3) is 0.615. The van der Waals surface area contributed by atoms with E-state index in [1.54, 1.807) is 0 Å². The minimum Gasteiger partial charge on any atom is -0.480 e. The van der Waals surface area contributed by atoms with Crippen LogP contribution in [0.25, 0.3) is 0 Å². The zero-order valence-corrected chi connectivity index (χ0v) is 12.2. The molecule has 2 heterocycles. The lowest BCUT2D eigenvalue weighted by atomic mass is 9.76. The van der Waals surface area contributed by atoms with E-state index >= 15 is 0 Å². The van der Waals surface area contributed by atoms with Crippen LogP contribution >= 0.6 is 11.3 Å². The van der Waals surface area contributed by atoms with E-state index in [1.165, 1.54) is 22.4 Å². The maximum atomic E-state index is 12.4. The molecule has 1 amide bonds. The number of piperidine rings is 1. The molecule has 104 valence electrons. The van der Waals surface area contributed by atoms with Gasteiger partial charge in [0, 0.05) is 6.54 Å². The van der Waals surface area contributed by atoms with E-state index in [4.69, 9.17) is 0 Å². The highest BCUT2D eigenvalue weighted by Crippen LogP contribution is 2.36. The molecule has 1 aromatic rings. The number of hydrogen-bond donors (Lipinski definition) is 1. The number of nitrogens with zero attached hydrogens (tertiary/aromatic N) is 2. The van der Waals surface area contributed by atoms with Crippen molar-refractivity contribution in [1.29, 1.82) is 0 Å². The monoisotopic (exact) mass is 282 g/mol. The average molecular weight is 282 g/mol. The summed E-state index contributed by atoms with van der Waals surface area (Å²) in [5.74, 6) is -1.15. The standard InChI is InChI=1S/C13H18N2O3S/c1-8-14-7-9(19-8)11(16)15-6-4-5-13(2,3)10(15)12(17)18/h7,10H,4-6H2,1-3H3,(H,17,18). The lowest BCUT2D eigenvalue weighted by molar-refractivity contribution is -0.148. The van der Waals surface area contributed by atoms with Crippen molar-refractivity contribution in [1.82, 2.24) is 9.88 Å². The van der Waals surface area contributed by atoms with E-state index in [1.807, 2.05) is 20.8 Å². The van der Waals surface area contributed by atoms with Crippen molar-refractivity contribution in [2.45, 2.75) is 39.7 Å². The molecule has 1 fully saturated rings. The molecule has 1 unspecified atom stereocenters. The molecule has 0 aromatic carbocycles. The second kappa shape index (κ2) is 4.92. The molecular weight excluding hydrogens is 264 g/mol. The lowest BCUT2D eigenvalue weighted by Crippen LogP contribution is -2.56. The molecule has 0 radical (unpaired) electrons. The smallest absolute Gasteiger partial charge is 0.326 e. The minimum absolute atomic E-state index is 0.217. The van der Waals surface area contributed by atoms with Crippen LogP contribution in [0.3, 0.4) is 0 Å². The molecule has 0 saturated carbocycles. The Morgan fingerprint density at radius 3 is 2.74 bits per heavy atom. The van der Waals surface area contributed by atoms with Gasteiger partial charge in [0.25, 0.3) is 5.91 Å². The van der Waals surface area contributed by atoms with E-state index in [-0.39, 0.29) is 5.91 Å². The van der Waals surface area contributed by atoms with Crippen LogP contribution in [0, 0.1) is 12.3 Å². The van der Waals surface area contributed by atoms with Gasteiger partial charge in [-0.1, -0.05) is 13.8 Å². The summed E-state index contributed by atoms with van der Waals surface area (Å²) in [7, 11) is 0. The van der Waals surface area contributed by atoms with Crippen LogP contribution in [0.15, 0.2) is 6.20 Å². The van der Waals surface area contributed by atoms with Crippen LogP contribution < -0.4 is 0 Å². The maximum absolute atomic E-state index is 12.4. The van der Waals surface area contributed by atoms with Crippen molar-refractivity contribution >= 4 is 23.2 Å². The molecule has 0 aliphatic carbocycles. The topological polar surface area (TPSA) is 70.5 Å². The van der Waals surface area contributed by atoms with Crippen molar-refractivity contribution in [2.24, 2.45) is 5.41 Å². The second-order valence-electron chi connectivity index (χ2n) is 5.57. The average Bonchev–Trinajstić information content (AvgIpc) is 2.72. The molecule has 19 heavy (non-hydrogen) atoms. The van der Waals surface area contributed by atoms with Crippen LogP contribution in [0.4, 0.5) is 0 Å². The summed E-state index contributed by atoms with van der Waals surface area (Å²) in [6.07, 6.45) is 3.18. The Hall–Kier alpha value is -1.43. The number of hydrogen-bond acceptors (Lipinski definition) is 4. The third-order valence-electron chi connectivity index (χ3n) is 3.60. The van der Waals surface area contributed by atoms with E-state index in [9.17, 15) is 14.7 Å². The first kappa shape index (κ1) is 14.0. The summed E-state index contributed by atoms with van der Waals surface area (Å²) in [6, 6.07) is -0.767. The van der Waals surface area contributed by atoms with Gasteiger partial charge in [0.15, 0.2) is 0 Å². The molecule has 2 rings (SSSR count). The van der Waals surface area contributed by atoms with Crippen LogP contribution in [-0.2, 0) is 4.79 Å². The Morgan fingerprint density at radius 2 is 2.21 bits per heavy atom. The fourth-order valence-electron chi connectivity index (χ4n) is 2.68. The van der Waals surface area contributed by atoms with Gasteiger partial charge < -0.3 is 10.0 Å². The Bertz CT molecular complexity index is 510. The van der Waals surface area contributed by atoms with E-state index in [0.717, 1.165) is 17.8 Å². The van der Waals surface area contributed by atoms with E-state index in [2.05, 4.69) is 4.98 Å². The normalized spacial score (nSPS) is 22.3. The van der Waals surface area contributed by atoms with Gasteiger partial charge in [0.05, 0.1) is 11.2 Å². The van der Waals surface area contributed by atoms with Gasteiger partial charge >= 0.3 is 5.97 Å². The van der Waals surface area contributed by atoms with Crippen LogP contribution in [0.5, 0.6) is 0 Å². The molecule has 5 nitrogen and oxygen atoms in total. The van der Waals surface area contributed by atoms with Gasteiger partial charge in [-0.25, -0.2) is 9.78 Å². The van der Waals surface area contributed by atoms with Crippen molar-refractivity contribution in [3.05, 3.63) is 16.1 Å². The van der Waals surface area contributed by atoms with Crippen molar-refractivity contribution in [3.8, 4) is 0 Å². The molecule has 1 saturated heterocycles. The van der Waals surface area contributed by atoms with Gasteiger partial charge in [0.1, 0.15) is 10.9 Å². The molecule has 1 aliphatic heterocycles. The molecular formula is C13H18N2O3S. The quantitative estimate of drug-likeness (QED) is 0.902. The highest BCUT2D eigenvalue weighted by atomic mass is 32.1. The predicted molar refractivity (Wildman–Crippen MR) is 72.3 cm³/mol. The highest BCUT2D eigenvalue weighted by molar-refractivity contribution is 7.13. The summed E-state index contributed by atoms with van der Waals surface area (Å²) >= 11 is 1.31. The number of amides is 1. The summed E-state index contributed by atoms with van der Waals surface area (Å²) in [4.78, 5) is 30.0. The Kier molecular flexibility index (Phi) is 3.62. The molecule has 0 bridgehead atoms. The van der Waals surface area contributed by atoms with Crippen molar-refractivity contribution in [2.75, 3.05) is 6.54 Å². The molecule has 1 aromatic heterocycles. The van der Waals surface area contributed by atoms with Crippen LogP contribution in [0.1, 0.15) is 41.4 Å². The second-order valence-corrected chi connectivity index (χ2v) is 6.81. The van der Waals surface area contributed by atoms with Crippen molar-refractivity contribution in [3.63, 3.8) is 0 Å². The number of aromatic nitrogens is 1. The number of likely N-dealkylation sites (tertiary alicyclic amines) is 1. The Morgan fingerprint density at radius 1 is 1.53 bits per heavy atom. The first-order valence-electron chi connectivity index (χ1n) is 6.29. The Labute approximate surface area is 116 Å². The number of aliphatic carboxylic acids is 1. The van der Waals surface area contributed by atoms with Crippen LogP contribution in [-0.4, -0.2) is 39.5 Å². The van der Waals surface area contributed by atoms with Gasteiger partial charge in [-0.05, 0) is 25.2 Å². The SMILES string of the molecule is Cc1ncc(C(=O)N2CCCC(C)(C)C2C(=O)O)s1. The van der Waals surface area contributed by atoms with Gasteiger partial charge in [-0.2, -0.15) is 0 Å². The number of rotatable bonds is 2. The molecule has 1 atom stereocenters. The first-order valence-corrected chi connectivity index (χ1v) is 7.11. The molecule has 1 N–H and O–H groups in total. The molecule has 6 heteroatoms. The summed E-state index contributed by atoms with van der Waals surface area (Å²) in [5.41, 5.74) is -0.403. The van der Waals surface area contributed by atoms with E-state index in [0.29, 0.717) is 11.4 Å².